The van der Waals surface area contributed by atoms with Crippen LogP contribution in [0, 0.1) is 0 Å². The van der Waals surface area contributed by atoms with Gasteiger partial charge in [-0.05, 0) is 0 Å². The summed E-state index contributed by atoms with van der Waals surface area (Å²) in [5.74, 6) is -1.31. The number of hydrogen-bond acceptors (Lipinski definition) is 5. The molecule has 0 fully saturated rings. The summed E-state index contributed by atoms with van der Waals surface area (Å²) < 4.78 is 0. The molecule has 0 unspecified atom stereocenters. The summed E-state index contributed by atoms with van der Waals surface area (Å²) in [4.78, 5) is 28.5. The number of hydrogen-bond donors (Lipinski definition) is 0. The molecule has 0 aliphatic carbocycles. The average Bonchev–Trinajstić information content (AvgIpc) is 1.84. The van der Waals surface area contributed by atoms with Gasteiger partial charge in [-0.15, -0.1) is 0 Å². The summed E-state index contributed by atoms with van der Waals surface area (Å²) in [5.41, 5.74) is 0. The van der Waals surface area contributed by atoms with E-state index >= 15 is 0 Å². The number of carbonyl (C=O) groups excluding carboxylic acids is 2. The van der Waals surface area contributed by atoms with Crippen molar-refractivity contribution in [3.05, 3.63) is 12.2 Å². The van der Waals surface area contributed by atoms with Crippen LogP contribution in [-0.4, -0.2) is 11.9 Å². The normalized spacial score (nSPS) is 18.8. The molecular formula is C5H4O5. The molecule has 0 aromatic heterocycles. The SMILES string of the molecule is O=C1C=CCC(=O)OOO1. The van der Waals surface area contributed by atoms with Gasteiger partial charge in [0.15, 0.2) is 0 Å². The average molecular weight is 144 g/mol. The minimum atomic E-state index is -0.701. The largest absolute Gasteiger partial charge is 0.369 e. The first kappa shape index (κ1) is 6.76. The molecule has 0 amide bonds. The third-order valence-electron chi connectivity index (χ3n) is 0.782. The van der Waals surface area contributed by atoms with Gasteiger partial charge in [-0.25, -0.2) is 9.59 Å². The molecule has 1 aliphatic rings. The Bertz CT molecular complexity index is 182. The molecule has 5 nitrogen and oxygen atoms in total. The third-order valence-corrected chi connectivity index (χ3v) is 0.782. The van der Waals surface area contributed by atoms with Crippen LogP contribution in [0.4, 0.5) is 0 Å². The van der Waals surface area contributed by atoms with Gasteiger partial charge < -0.3 is 0 Å². The van der Waals surface area contributed by atoms with Gasteiger partial charge in [0, 0.05) is 11.1 Å². The van der Waals surface area contributed by atoms with E-state index in [1.807, 2.05) is 0 Å². The number of rotatable bonds is 0. The topological polar surface area (TPSA) is 61.8 Å². The van der Waals surface area contributed by atoms with E-state index in [0.29, 0.717) is 0 Å². The van der Waals surface area contributed by atoms with Gasteiger partial charge in [0.1, 0.15) is 0 Å². The summed E-state index contributed by atoms with van der Waals surface area (Å²) in [5, 5.41) is 3.75. The van der Waals surface area contributed by atoms with E-state index in [2.05, 4.69) is 14.8 Å². The monoisotopic (exact) mass is 144 g/mol. The van der Waals surface area contributed by atoms with Crippen molar-refractivity contribution >= 4 is 11.9 Å². The van der Waals surface area contributed by atoms with Gasteiger partial charge in [0.05, 0.1) is 6.42 Å². The predicted molar refractivity (Wildman–Crippen MR) is 27.0 cm³/mol. The van der Waals surface area contributed by atoms with E-state index < -0.39 is 11.9 Å². The zero-order chi connectivity index (χ0) is 7.40. The minimum Gasteiger partial charge on any atom is -0.259 e. The Morgan fingerprint density at radius 2 is 2.10 bits per heavy atom. The fraction of sp³-hybridized carbons (Fsp3) is 0.200. The molecule has 0 N–H and O–H groups in total. The molecule has 0 spiro atoms. The Morgan fingerprint density at radius 3 is 2.90 bits per heavy atom. The van der Waals surface area contributed by atoms with Gasteiger partial charge >= 0.3 is 11.9 Å². The Labute approximate surface area is 56.0 Å². The molecule has 10 heavy (non-hydrogen) atoms. The highest BCUT2D eigenvalue weighted by Crippen LogP contribution is 1.96. The molecule has 54 valence electrons. The van der Waals surface area contributed by atoms with E-state index in [9.17, 15) is 9.59 Å². The van der Waals surface area contributed by atoms with Crippen LogP contribution in [0.5, 0.6) is 0 Å². The van der Waals surface area contributed by atoms with E-state index in [0.717, 1.165) is 6.08 Å². The van der Waals surface area contributed by atoms with Crippen molar-refractivity contribution in [2.45, 2.75) is 6.42 Å². The van der Waals surface area contributed by atoms with Crippen LogP contribution in [0.3, 0.4) is 0 Å². The maximum Gasteiger partial charge on any atom is 0.369 e. The summed E-state index contributed by atoms with van der Waals surface area (Å²) in [7, 11) is 0. The molecule has 1 heterocycles. The van der Waals surface area contributed by atoms with E-state index in [4.69, 9.17) is 0 Å². The van der Waals surface area contributed by atoms with Crippen molar-refractivity contribution in [3.8, 4) is 0 Å². The molecule has 0 saturated carbocycles. The minimum absolute atomic E-state index is 0.00903. The van der Waals surface area contributed by atoms with Crippen molar-refractivity contribution in [1.29, 1.82) is 0 Å². The lowest BCUT2D eigenvalue weighted by Gasteiger charge is -2.00. The maximum absolute atomic E-state index is 10.4. The van der Waals surface area contributed by atoms with Gasteiger partial charge in [0.2, 0.25) is 0 Å². The zero-order valence-electron chi connectivity index (χ0n) is 4.90. The molecule has 5 heteroatoms. The van der Waals surface area contributed by atoms with Gasteiger partial charge in [-0.3, -0.25) is 9.78 Å². The lowest BCUT2D eigenvalue weighted by Crippen LogP contribution is -2.10. The highest BCUT2D eigenvalue weighted by Gasteiger charge is 2.08. The van der Waals surface area contributed by atoms with Crippen LogP contribution in [0.15, 0.2) is 12.2 Å². The van der Waals surface area contributed by atoms with Crippen molar-refractivity contribution in [3.63, 3.8) is 0 Å². The molecule has 0 atom stereocenters. The van der Waals surface area contributed by atoms with E-state index in [1.54, 1.807) is 0 Å². The fourth-order valence-electron chi connectivity index (χ4n) is 0.402. The smallest absolute Gasteiger partial charge is 0.259 e. The van der Waals surface area contributed by atoms with Gasteiger partial charge in [-0.2, -0.15) is 0 Å². The molecule has 0 radical (unpaired) electrons. The highest BCUT2D eigenvalue weighted by atomic mass is 17.5. The van der Waals surface area contributed by atoms with Crippen LogP contribution in [0.2, 0.25) is 0 Å². The second-order valence-electron chi connectivity index (χ2n) is 1.53. The highest BCUT2D eigenvalue weighted by molar-refractivity contribution is 5.83. The van der Waals surface area contributed by atoms with Gasteiger partial charge in [0.25, 0.3) is 0 Å². The Hall–Kier alpha value is -1.36. The first-order valence-corrected chi connectivity index (χ1v) is 2.53. The number of carbonyl (C=O) groups is 2. The first-order chi connectivity index (χ1) is 4.79. The van der Waals surface area contributed by atoms with Crippen LogP contribution in [0.25, 0.3) is 0 Å². The van der Waals surface area contributed by atoms with Crippen molar-refractivity contribution in [2.75, 3.05) is 0 Å². The molecule has 0 aromatic carbocycles. The molecule has 0 bridgehead atoms. The fourth-order valence-corrected chi connectivity index (χ4v) is 0.402. The molecule has 1 aliphatic heterocycles. The van der Waals surface area contributed by atoms with E-state index in [-0.39, 0.29) is 6.42 Å². The van der Waals surface area contributed by atoms with Crippen LogP contribution >= 0.6 is 0 Å². The maximum atomic E-state index is 10.4. The predicted octanol–water partition coefficient (Wildman–Crippen LogP) is -0.121. The Kier molecular flexibility index (Phi) is 2.01. The van der Waals surface area contributed by atoms with E-state index in [1.165, 1.54) is 6.08 Å². The Balaban J connectivity index is 2.53. The third kappa shape index (κ3) is 1.87. The van der Waals surface area contributed by atoms with Crippen molar-refractivity contribution in [2.24, 2.45) is 0 Å². The first-order valence-electron chi connectivity index (χ1n) is 2.53. The lowest BCUT2D eigenvalue weighted by molar-refractivity contribution is -0.457. The zero-order valence-corrected chi connectivity index (χ0v) is 4.90. The van der Waals surface area contributed by atoms with Crippen LogP contribution in [-0.2, 0) is 24.4 Å². The van der Waals surface area contributed by atoms with Crippen LogP contribution in [0.1, 0.15) is 6.42 Å². The van der Waals surface area contributed by atoms with Crippen molar-refractivity contribution in [1.82, 2.24) is 0 Å². The molecule has 1 rings (SSSR count). The summed E-state index contributed by atoms with van der Waals surface area (Å²) in [6, 6.07) is 0. The summed E-state index contributed by atoms with van der Waals surface area (Å²) in [6.45, 7) is 0. The second-order valence-corrected chi connectivity index (χ2v) is 1.53. The summed E-state index contributed by atoms with van der Waals surface area (Å²) >= 11 is 0. The molecular weight excluding hydrogens is 140 g/mol. The second kappa shape index (κ2) is 2.98. The molecule has 0 aromatic rings. The van der Waals surface area contributed by atoms with Crippen molar-refractivity contribution < 1.29 is 24.4 Å². The lowest BCUT2D eigenvalue weighted by atomic mass is 10.4. The standard InChI is InChI=1S/C5H4O5/c6-4-2-1-3-5(7)9-10-8-4/h1-2H,3H2. The van der Waals surface area contributed by atoms with Gasteiger partial charge in [-0.1, -0.05) is 6.08 Å². The summed E-state index contributed by atoms with van der Waals surface area (Å²) in [6.07, 6.45) is 2.42. The molecule has 0 saturated heterocycles. The quantitative estimate of drug-likeness (QED) is 0.443. The van der Waals surface area contributed by atoms with Crippen LogP contribution < -0.4 is 0 Å². The Morgan fingerprint density at radius 1 is 1.30 bits per heavy atom.